The number of hydrogen-bond donors (Lipinski definition) is 0. The summed E-state index contributed by atoms with van der Waals surface area (Å²) in [5.74, 6) is 1.03. The van der Waals surface area contributed by atoms with Crippen LogP contribution in [0.3, 0.4) is 0 Å². The Hall–Kier alpha value is -0.610. The number of pyridine rings is 1. The summed E-state index contributed by atoms with van der Waals surface area (Å²) in [5.41, 5.74) is 1.22. The molecular formula is C10H13BrN2O. The number of anilines is 1. The summed E-state index contributed by atoms with van der Waals surface area (Å²) in [4.78, 5) is 6.57. The van der Waals surface area contributed by atoms with Gasteiger partial charge in [-0.05, 0) is 34.5 Å². The molecule has 2 rings (SSSR count). The molecule has 1 saturated heterocycles. The van der Waals surface area contributed by atoms with Gasteiger partial charge in [-0.3, -0.25) is 0 Å². The predicted molar refractivity (Wildman–Crippen MR) is 59.7 cm³/mol. The Morgan fingerprint density at radius 1 is 1.57 bits per heavy atom. The summed E-state index contributed by atoms with van der Waals surface area (Å²) in [6, 6.07) is 2.00. The summed E-state index contributed by atoms with van der Waals surface area (Å²) in [6.07, 6.45) is 2.21. The van der Waals surface area contributed by atoms with Crippen LogP contribution in [0.4, 0.5) is 5.82 Å². The molecule has 0 atom stereocenters. The molecule has 2 heterocycles. The second-order valence-corrected chi connectivity index (χ2v) is 4.32. The Bertz CT molecular complexity index is 337. The van der Waals surface area contributed by atoms with E-state index in [1.807, 2.05) is 12.3 Å². The maximum atomic E-state index is 5.22. The molecule has 1 aliphatic rings. The number of aryl methyl sites for hydroxylation is 1. The monoisotopic (exact) mass is 256 g/mol. The summed E-state index contributed by atoms with van der Waals surface area (Å²) in [5, 5.41) is 0. The van der Waals surface area contributed by atoms with E-state index in [0.29, 0.717) is 6.10 Å². The molecule has 0 amide bonds. The zero-order chi connectivity index (χ0) is 10.1. The first-order valence-corrected chi connectivity index (χ1v) is 5.40. The fourth-order valence-corrected chi connectivity index (χ4v) is 1.99. The van der Waals surface area contributed by atoms with Crippen molar-refractivity contribution in [3.05, 3.63) is 22.3 Å². The molecule has 1 aromatic rings. The number of nitrogens with zero attached hydrogens (tertiary/aromatic N) is 2. The number of halogens is 1. The van der Waals surface area contributed by atoms with E-state index < -0.39 is 0 Å². The highest BCUT2D eigenvalue weighted by Crippen LogP contribution is 2.30. The molecule has 1 aliphatic heterocycles. The fourth-order valence-electron chi connectivity index (χ4n) is 1.51. The predicted octanol–water partition coefficient (Wildman–Crippen LogP) is 1.99. The van der Waals surface area contributed by atoms with E-state index in [1.54, 1.807) is 7.11 Å². The molecule has 0 aliphatic carbocycles. The Morgan fingerprint density at radius 3 is 2.93 bits per heavy atom. The molecule has 0 radical (unpaired) electrons. The van der Waals surface area contributed by atoms with Crippen LogP contribution in [-0.2, 0) is 4.74 Å². The number of aromatic nitrogens is 1. The van der Waals surface area contributed by atoms with E-state index in [0.717, 1.165) is 23.4 Å². The molecule has 0 aromatic carbocycles. The van der Waals surface area contributed by atoms with Crippen LogP contribution >= 0.6 is 15.9 Å². The van der Waals surface area contributed by atoms with Gasteiger partial charge < -0.3 is 9.64 Å². The van der Waals surface area contributed by atoms with Crippen molar-refractivity contribution in [2.45, 2.75) is 13.0 Å². The number of rotatable bonds is 2. The lowest BCUT2D eigenvalue weighted by Crippen LogP contribution is -2.52. The minimum Gasteiger partial charge on any atom is -0.378 e. The van der Waals surface area contributed by atoms with Crippen molar-refractivity contribution in [3.63, 3.8) is 0 Å². The minimum absolute atomic E-state index is 0.365. The third-order valence-corrected chi connectivity index (χ3v) is 3.52. The number of ether oxygens (including phenoxy) is 1. The van der Waals surface area contributed by atoms with Crippen LogP contribution in [0, 0.1) is 6.92 Å². The van der Waals surface area contributed by atoms with Crippen LogP contribution < -0.4 is 4.90 Å². The van der Waals surface area contributed by atoms with Gasteiger partial charge in [0.15, 0.2) is 0 Å². The number of hydrogen-bond acceptors (Lipinski definition) is 3. The molecule has 0 unspecified atom stereocenters. The third kappa shape index (κ3) is 1.64. The average Bonchev–Trinajstić information content (AvgIpc) is 2.10. The van der Waals surface area contributed by atoms with E-state index in [2.05, 4.69) is 32.7 Å². The Kier molecular flexibility index (Phi) is 2.74. The first-order chi connectivity index (χ1) is 6.72. The Balaban J connectivity index is 2.14. The molecular weight excluding hydrogens is 244 g/mol. The second kappa shape index (κ2) is 3.87. The van der Waals surface area contributed by atoms with Gasteiger partial charge in [0, 0.05) is 26.4 Å². The summed E-state index contributed by atoms with van der Waals surface area (Å²) in [6.45, 7) is 3.94. The highest BCUT2D eigenvalue weighted by atomic mass is 79.9. The van der Waals surface area contributed by atoms with Crippen LogP contribution in [0.5, 0.6) is 0 Å². The lowest BCUT2D eigenvalue weighted by molar-refractivity contribution is 0.0782. The number of methoxy groups -OCH3 is 1. The SMILES string of the molecule is COC1CN(c2nccc(C)c2Br)C1. The van der Waals surface area contributed by atoms with Crippen LogP contribution in [0.2, 0.25) is 0 Å². The lowest BCUT2D eigenvalue weighted by atomic mass is 10.1. The van der Waals surface area contributed by atoms with Gasteiger partial charge in [-0.15, -0.1) is 0 Å². The van der Waals surface area contributed by atoms with Crippen LogP contribution in [0.25, 0.3) is 0 Å². The van der Waals surface area contributed by atoms with Crippen molar-refractivity contribution in [2.24, 2.45) is 0 Å². The van der Waals surface area contributed by atoms with Crippen LogP contribution in [0.1, 0.15) is 5.56 Å². The van der Waals surface area contributed by atoms with E-state index in [9.17, 15) is 0 Å². The van der Waals surface area contributed by atoms with E-state index in [-0.39, 0.29) is 0 Å². The van der Waals surface area contributed by atoms with Crippen molar-refractivity contribution >= 4 is 21.7 Å². The lowest BCUT2D eigenvalue weighted by Gasteiger charge is -2.39. The van der Waals surface area contributed by atoms with Gasteiger partial charge in [0.25, 0.3) is 0 Å². The van der Waals surface area contributed by atoms with Gasteiger partial charge in [0.05, 0.1) is 10.6 Å². The minimum atomic E-state index is 0.365. The summed E-state index contributed by atoms with van der Waals surface area (Å²) >= 11 is 3.55. The van der Waals surface area contributed by atoms with Crippen LogP contribution in [-0.4, -0.2) is 31.3 Å². The zero-order valence-electron chi connectivity index (χ0n) is 8.33. The Labute approximate surface area is 92.2 Å². The standard InChI is InChI=1S/C10H13BrN2O/c1-7-3-4-12-10(9(7)11)13-5-8(6-13)14-2/h3-4,8H,5-6H2,1-2H3. The highest BCUT2D eigenvalue weighted by molar-refractivity contribution is 9.10. The van der Waals surface area contributed by atoms with Gasteiger partial charge in [0.1, 0.15) is 5.82 Å². The second-order valence-electron chi connectivity index (χ2n) is 3.53. The van der Waals surface area contributed by atoms with Gasteiger partial charge in [-0.25, -0.2) is 4.98 Å². The van der Waals surface area contributed by atoms with E-state index in [4.69, 9.17) is 4.74 Å². The van der Waals surface area contributed by atoms with Crippen molar-refractivity contribution in [3.8, 4) is 0 Å². The van der Waals surface area contributed by atoms with Gasteiger partial charge in [0.2, 0.25) is 0 Å². The Morgan fingerprint density at radius 2 is 2.29 bits per heavy atom. The normalized spacial score (nSPS) is 16.9. The molecule has 0 saturated carbocycles. The van der Waals surface area contributed by atoms with Gasteiger partial charge >= 0.3 is 0 Å². The topological polar surface area (TPSA) is 25.4 Å². The van der Waals surface area contributed by atoms with E-state index in [1.165, 1.54) is 5.56 Å². The van der Waals surface area contributed by atoms with Crippen molar-refractivity contribution in [2.75, 3.05) is 25.1 Å². The van der Waals surface area contributed by atoms with E-state index >= 15 is 0 Å². The maximum Gasteiger partial charge on any atom is 0.143 e. The molecule has 3 nitrogen and oxygen atoms in total. The molecule has 4 heteroatoms. The first-order valence-electron chi connectivity index (χ1n) is 4.61. The molecule has 14 heavy (non-hydrogen) atoms. The van der Waals surface area contributed by atoms with Crippen molar-refractivity contribution < 1.29 is 4.74 Å². The summed E-state index contributed by atoms with van der Waals surface area (Å²) in [7, 11) is 1.75. The van der Waals surface area contributed by atoms with Gasteiger partial charge in [-0.2, -0.15) is 0 Å². The quantitative estimate of drug-likeness (QED) is 0.810. The summed E-state index contributed by atoms with van der Waals surface area (Å²) < 4.78 is 6.32. The molecule has 76 valence electrons. The zero-order valence-corrected chi connectivity index (χ0v) is 9.91. The average molecular weight is 257 g/mol. The van der Waals surface area contributed by atoms with Crippen molar-refractivity contribution in [1.82, 2.24) is 4.98 Å². The molecule has 1 fully saturated rings. The van der Waals surface area contributed by atoms with Crippen LogP contribution in [0.15, 0.2) is 16.7 Å². The van der Waals surface area contributed by atoms with Gasteiger partial charge in [-0.1, -0.05) is 0 Å². The molecule has 0 N–H and O–H groups in total. The highest BCUT2D eigenvalue weighted by Gasteiger charge is 2.28. The molecule has 0 spiro atoms. The molecule has 1 aromatic heterocycles. The molecule has 0 bridgehead atoms. The third-order valence-electron chi connectivity index (χ3n) is 2.54. The largest absolute Gasteiger partial charge is 0.378 e. The maximum absolute atomic E-state index is 5.22. The fraction of sp³-hybridized carbons (Fsp3) is 0.500. The van der Waals surface area contributed by atoms with Crippen molar-refractivity contribution in [1.29, 1.82) is 0 Å². The first kappa shape index (κ1) is 9.93. The smallest absolute Gasteiger partial charge is 0.143 e.